The highest BCUT2D eigenvalue weighted by molar-refractivity contribution is 6.03. The maximum atomic E-state index is 12.4. The molecule has 3 rings (SSSR count). The van der Waals surface area contributed by atoms with Gasteiger partial charge < -0.3 is 15.4 Å². The van der Waals surface area contributed by atoms with E-state index in [9.17, 15) is 4.79 Å². The van der Waals surface area contributed by atoms with E-state index >= 15 is 0 Å². The number of carbonyl (C=O) groups is 1. The molecule has 0 radical (unpaired) electrons. The van der Waals surface area contributed by atoms with Gasteiger partial charge in [0.15, 0.2) is 11.5 Å². The summed E-state index contributed by atoms with van der Waals surface area (Å²) in [6.07, 6.45) is 0. The zero-order valence-corrected chi connectivity index (χ0v) is 15.6. The van der Waals surface area contributed by atoms with Gasteiger partial charge in [0.2, 0.25) is 0 Å². The van der Waals surface area contributed by atoms with Crippen LogP contribution in [0.2, 0.25) is 0 Å². The Morgan fingerprint density at radius 1 is 1.00 bits per heavy atom. The number of rotatable bonds is 6. The summed E-state index contributed by atoms with van der Waals surface area (Å²) in [7, 11) is 0. The Morgan fingerprint density at radius 3 is 2.56 bits per heavy atom. The second kappa shape index (κ2) is 8.31. The Balaban J connectivity index is 1.72. The highest BCUT2D eigenvalue weighted by Gasteiger charge is 2.11. The topological polar surface area (TPSA) is 76.1 Å². The molecule has 1 heterocycles. The number of aryl methyl sites for hydroxylation is 2. The lowest BCUT2D eigenvalue weighted by Crippen LogP contribution is -2.15. The number of hydrogen-bond donors (Lipinski definition) is 2. The molecule has 0 atom stereocenters. The predicted octanol–water partition coefficient (Wildman–Crippen LogP) is 4.49. The van der Waals surface area contributed by atoms with Gasteiger partial charge in [0.05, 0.1) is 12.3 Å². The average molecular weight is 362 g/mol. The number of hydrogen-bond acceptors (Lipinski definition) is 5. The fraction of sp³-hybridized carbons (Fsp3) is 0.190. The number of benzene rings is 2. The van der Waals surface area contributed by atoms with E-state index in [1.165, 1.54) is 0 Å². The third-order valence-electron chi connectivity index (χ3n) is 3.99. The van der Waals surface area contributed by atoms with Gasteiger partial charge in [-0.2, -0.15) is 0 Å². The number of nitrogens with zero attached hydrogens (tertiary/aromatic N) is 2. The van der Waals surface area contributed by atoms with Crippen LogP contribution in [-0.2, 0) is 0 Å². The molecule has 6 nitrogen and oxygen atoms in total. The minimum Gasteiger partial charge on any atom is -0.492 e. The molecule has 0 bridgehead atoms. The molecule has 1 amide bonds. The minimum absolute atomic E-state index is 0.250. The maximum Gasteiger partial charge on any atom is 0.276 e. The number of amides is 1. The summed E-state index contributed by atoms with van der Waals surface area (Å²) in [6, 6.07) is 16.9. The van der Waals surface area contributed by atoms with E-state index in [1.807, 2.05) is 63.2 Å². The molecule has 0 unspecified atom stereocenters. The molecule has 2 N–H and O–H groups in total. The van der Waals surface area contributed by atoms with Crippen LogP contribution >= 0.6 is 0 Å². The van der Waals surface area contributed by atoms with Gasteiger partial charge in [-0.15, -0.1) is 10.2 Å². The smallest absolute Gasteiger partial charge is 0.276 e. The summed E-state index contributed by atoms with van der Waals surface area (Å²) >= 11 is 0. The molecule has 138 valence electrons. The molecule has 0 fully saturated rings. The van der Waals surface area contributed by atoms with E-state index in [2.05, 4.69) is 20.8 Å². The summed E-state index contributed by atoms with van der Waals surface area (Å²) < 4.78 is 5.58. The van der Waals surface area contributed by atoms with E-state index in [-0.39, 0.29) is 11.6 Å². The van der Waals surface area contributed by atoms with E-state index in [0.717, 1.165) is 28.3 Å². The molecule has 0 aliphatic carbocycles. The standard InChI is InChI=1S/C21H22N4O2/c1-4-27-19-8-6-5-7-16(19)22-20-12-11-17(24-25-20)21(26)23-18-13-14(2)9-10-15(18)3/h5-13H,4H2,1-3H3,(H,22,25)(H,23,26). The Labute approximate surface area is 158 Å². The second-order valence-corrected chi connectivity index (χ2v) is 6.13. The molecular formula is C21H22N4O2. The van der Waals surface area contributed by atoms with Crippen molar-refractivity contribution in [2.75, 3.05) is 17.2 Å². The van der Waals surface area contributed by atoms with Crippen LogP contribution in [0.1, 0.15) is 28.5 Å². The maximum absolute atomic E-state index is 12.4. The summed E-state index contributed by atoms with van der Waals surface area (Å²) in [5.74, 6) is 0.974. The lowest BCUT2D eigenvalue weighted by molar-refractivity contribution is 0.102. The molecule has 2 aromatic carbocycles. The molecule has 1 aromatic heterocycles. The summed E-state index contributed by atoms with van der Waals surface area (Å²) in [4.78, 5) is 12.4. The van der Waals surface area contributed by atoms with E-state index in [4.69, 9.17) is 4.74 Å². The van der Waals surface area contributed by atoms with Crippen molar-refractivity contribution in [2.24, 2.45) is 0 Å². The van der Waals surface area contributed by atoms with Crippen molar-refractivity contribution in [1.29, 1.82) is 0 Å². The molecule has 3 aromatic rings. The first-order valence-corrected chi connectivity index (χ1v) is 8.78. The van der Waals surface area contributed by atoms with Gasteiger partial charge in [-0.05, 0) is 62.2 Å². The van der Waals surface area contributed by atoms with Crippen LogP contribution in [0.25, 0.3) is 0 Å². The van der Waals surface area contributed by atoms with Gasteiger partial charge in [0.1, 0.15) is 5.75 Å². The first kappa shape index (κ1) is 18.4. The lowest BCUT2D eigenvalue weighted by Gasteiger charge is -2.11. The van der Waals surface area contributed by atoms with Gasteiger partial charge in [0, 0.05) is 5.69 Å². The Kier molecular flexibility index (Phi) is 5.66. The van der Waals surface area contributed by atoms with Gasteiger partial charge in [0.25, 0.3) is 5.91 Å². The minimum atomic E-state index is -0.294. The largest absolute Gasteiger partial charge is 0.492 e. The molecule has 0 aliphatic rings. The Bertz CT molecular complexity index is 939. The third kappa shape index (κ3) is 4.61. The third-order valence-corrected chi connectivity index (χ3v) is 3.99. The fourth-order valence-electron chi connectivity index (χ4n) is 2.57. The number of nitrogens with one attached hydrogen (secondary N) is 2. The van der Waals surface area contributed by atoms with Crippen molar-refractivity contribution < 1.29 is 9.53 Å². The van der Waals surface area contributed by atoms with Gasteiger partial charge in [-0.25, -0.2) is 0 Å². The quantitative estimate of drug-likeness (QED) is 0.676. The summed E-state index contributed by atoms with van der Waals surface area (Å²) in [5, 5.41) is 14.2. The molecule has 0 saturated carbocycles. The van der Waals surface area contributed by atoms with Gasteiger partial charge in [-0.1, -0.05) is 24.3 Å². The SMILES string of the molecule is CCOc1ccccc1Nc1ccc(C(=O)Nc2cc(C)ccc2C)nn1. The molecule has 27 heavy (non-hydrogen) atoms. The van der Waals surface area contributed by atoms with Crippen molar-refractivity contribution in [3.63, 3.8) is 0 Å². The highest BCUT2D eigenvalue weighted by atomic mass is 16.5. The van der Waals surface area contributed by atoms with Crippen molar-refractivity contribution in [3.8, 4) is 5.75 Å². The van der Waals surface area contributed by atoms with Crippen LogP contribution in [0.15, 0.2) is 54.6 Å². The van der Waals surface area contributed by atoms with Gasteiger partial charge >= 0.3 is 0 Å². The fourth-order valence-corrected chi connectivity index (χ4v) is 2.57. The molecule has 6 heteroatoms. The molecule has 0 saturated heterocycles. The van der Waals surface area contributed by atoms with Crippen LogP contribution < -0.4 is 15.4 Å². The molecule has 0 aliphatic heterocycles. The van der Waals surface area contributed by atoms with Gasteiger partial charge in [-0.3, -0.25) is 4.79 Å². The van der Waals surface area contributed by atoms with Crippen LogP contribution in [0.5, 0.6) is 5.75 Å². The van der Waals surface area contributed by atoms with Crippen LogP contribution in [0, 0.1) is 13.8 Å². The zero-order chi connectivity index (χ0) is 19.2. The van der Waals surface area contributed by atoms with Crippen molar-refractivity contribution in [3.05, 3.63) is 71.4 Å². The van der Waals surface area contributed by atoms with E-state index in [1.54, 1.807) is 12.1 Å². The first-order valence-electron chi connectivity index (χ1n) is 8.78. The average Bonchev–Trinajstić information content (AvgIpc) is 2.67. The summed E-state index contributed by atoms with van der Waals surface area (Å²) in [5.41, 5.74) is 3.89. The monoisotopic (exact) mass is 362 g/mol. The molecule has 0 spiro atoms. The van der Waals surface area contributed by atoms with Crippen LogP contribution in [-0.4, -0.2) is 22.7 Å². The predicted molar refractivity (Wildman–Crippen MR) is 107 cm³/mol. The number of para-hydroxylation sites is 2. The van der Waals surface area contributed by atoms with Crippen molar-refractivity contribution in [1.82, 2.24) is 10.2 Å². The molecular weight excluding hydrogens is 340 g/mol. The lowest BCUT2D eigenvalue weighted by atomic mass is 10.1. The second-order valence-electron chi connectivity index (χ2n) is 6.13. The van der Waals surface area contributed by atoms with E-state index in [0.29, 0.717) is 12.4 Å². The number of aromatic nitrogens is 2. The zero-order valence-electron chi connectivity index (χ0n) is 15.6. The Morgan fingerprint density at radius 2 is 1.81 bits per heavy atom. The van der Waals surface area contributed by atoms with Crippen LogP contribution in [0.3, 0.4) is 0 Å². The normalized spacial score (nSPS) is 10.3. The van der Waals surface area contributed by atoms with Crippen LogP contribution in [0.4, 0.5) is 17.2 Å². The van der Waals surface area contributed by atoms with E-state index < -0.39 is 0 Å². The summed E-state index contributed by atoms with van der Waals surface area (Å²) in [6.45, 7) is 6.43. The number of anilines is 3. The van der Waals surface area contributed by atoms with Crippen molar-refractivity contribution >= 4 is 23.1 Å². The highest BCUT2D eigenvalue weighted by Crippen LogP contribution is 2.26. The first-order chi connectivity index (χ1) is 13.1. The number of ether oxygens (including phenoxy) is 1. The number of carbonyl (C=O) groups excluding carboxylic acids is 1. The Hall–Kier alpha value is -3.41. The van der Waals surface area contributed by atoms with Crippen molar-refractivity contribution in [2.45, 2.75) is 20.8 Å².